The van der Waals surface area contributed by atoms with Crippen molar-refractivity contribution in [2.24, 2.45) is 10.5 Å². The fourth-order valence-corrected chi connectivity index (χ4v) is 4.35. The van der Waals surface area contributed by atoms with Gasteiger partial charge in [0.05, 0.1) is 24.3 Å². The van der Waals surface area contributed by atoms with Crippen LogP contribution in [0.25, 0.3) is 0 Å². The molecule has 1 N–H and O–H groups in total. The molecule has 0 aliphatic carbocycles. The Morgan fingerprint density at radius 3 is 2.59 bits per heavy atom. The highest BCUT2D eigenvalue weighted by Gasteiger charge is 2.47. The van der Waals surface area contributed by atoms with Gasteiger partial charge in [-0.2, -0.15) is 5.10 Å². The molecule has 1 aromatic rings. The van der Waals surface area contributed by atoms with Crippen LogP contribution >= 0.6 is 0 Å². The molecule has 3 heterocycles. The van der Waals surface area contributed by atoms with Crippen molar-refractivity contribution in [3.8, 4) is 11.5 Å². The number of nitrogens with one attached hydrogen (secondary N) is 1. The number of nitrogens with zero attached hydrogens (tertiary/aromatic N) is 2. The Bertz CT molecular complexity index is 807. The molecule has 6 heteroatoms. The highest BCUT2D eigenvalue weighted by atomic mass is 16.5. The molecular weight excluding hydrogens is 342 g/mol. The third kappa shape index (κ3) is 3.00. The number of hydrazone groups is 1. The highest BCUT2D eigenvalue weighted by Crippen LogP contribution is 2.44. The highest BCUT2D eigenvalue weighted by molar-refractivity contribution is 6.19. The van der Waals surface area contributed by atoms with E-state index in [1.807, 2.05) is 19.9 Å². The van der Waals surface area contributed by atoms with E-state index in [2.05, 4.69) is 25.2 Å². The summed E-state index contributed by atoms with van der Waals surface area (Å²) in [4.78, 5) is 13.1. The maximum Gasteiger partial charge on any atom is 0.254 e. The molecule has 6 nitrogen and oxygen atoms in total. The van der Waals surface area contributed by atoms with Gasteiger partial charge in [0.1, 0.15) is 5.60 Å². The van der Waals surface area contributed by atoms with Gasteiger partial charge in [0.25, 0.3) is 5.91 Å². The van der Waals surface area contributed by atoms with E-state index in [1.165, 1.54) is 0 Å². The van der Waals surface area contributed by atoms with Gasteiger partial charge in [-0.1, -0.05) is 0 Å². The minimum atomic E-state index is -0.654. The molecule has 1 saturated heterocycles. The maximum atomic E-state index is 13.1. The van der Waals surface area contributed by atoms with Crippen molar-refractivity contribution in [3.63, 3.8) is 0 Å². The molecular formula is C21H29N3O3. The van der Waals surface area contributed by atoms with Crippen molar-refractivity contribution in [1.82, 2.24) is 10.3 Å². The van der Waals surface area contributed by atoms with Crippen LogP contribution in [0.2, 0.25) is 0 Å². The van der Waals surface area contributed by atoms with E-state index >= 15 is 0 Å². The van der Waals surface area contributed by atoms with Gasteiger partial charge >= 0.3 is 0 Å². The Hall–Kier alpha value is -2.08. The molecule has 0 spiro atoms. The second-order valence-corrected chi connectivity index (χ2v) is 8.91. The third-order valence-electron chi connectivity index (χ3n) is 5.82. The molecule has 1 aromatic carbocycles. The van der Waals surface area contributed by atoms with Crippen LogP contribution in [0.4, 0.5) is 0 Å². The smallest absolute Gasteiger partial charge is 0.254 e. The first-order valence-electron chi connectivity index (χ1n) is 9.77. The number of carbonyl (C=O) groups excluding carboxylic acids is 1. The Morgan fingerprint density at radius 1 is 1.22 bits per heavy atom. The lowest BCUT2D eigenvalue weighted by Gasteiger charge is -2.30. The van der Waals surface area contributed by atoms with Crippen LogP contribution in [0.1, 0.15) is 51.7 Å². The molecule has 27 heavy (non-hydrogen) atoms. The van der Waals surface area contributed by atoms with E-state index in [0.717, 1.165) is 54.9 Å². The number of ether oxygens (including phenoxy) is 2. The first-order chi connectivity index (χ1) is 12.7. The summed E-state index contributed by atoms with van der Waals surface area (Å²) in [6.07, 6.45) is 2.69. The normalized spacial score (nSPS) is 23.8. The SMILES string of the molecule is COc1cc(C2=NN(C3CCNCC3)C(=O)C2(C)C)cc2c1OC(C)(C)C2. The zero-order valence-corrected chi connectivity index (χ0v) is 16.9. The van der Waals surface area contributed by atoms with E-state index in [-0.39, 0.29) is 17.6 Å². The maximum absolute atomic E-state index is 13.1. The Kier molecular flexibility index (Phi) is 4.22. The molecule has 1 amide bonds. The van der Waals surface area contributed by atoms with Crippen molar-refractivity contribution >= 4 is 11.6 Å². The monoisotopic (exact) mass is 371 g/mol. The average molecular weight is 371 g/mol. The quantitative estimate of drug-likeness (QED) is 0.887. The first kappa shape index (κ1) is 18.3. The van der Waals surface area contributed by atoms with E-state index in [1.54, 1.807) is 12.1 Å². The molecule has 0 atom stereocenters. The standard InChI is InChI=1S/C21H29N3O3/c1-20(2)12-14-10-13(11-16(26-5)17(14)27-20)18-21(3,4)19(25)24(23-18)15-6-8-22-9-7-15/h10-11,15,22H,6-9,12H2,1-5H3. The number of methoxy groups -OCH3 is 1. The van der Waals surface area contributed by atoms with Gasteiger partial charge in [-0.3, -0.25) is 4.79 Å². The van der Waals surface area contributed by atoms with Crippen LogP contribution < -0.4 is 14.8 Å². The zero-order chi connectivity index (χ0) is 19.4. The first-order valence-corrected chi connectivity index (χ1v) is 9.77. The molecule has 0 unspecified atom stereocenters. The summed E-state index contributed by atoms with van der Waals surface area (Å²) in [5.41, 5.74) is 1.97. The molecule has 0 bridgehead atoms. The van der Waals surface area contributed by atoms with Crippen LogP contribution in [0.15, 0.2) is 17.2 Å². The van der Waals surface area contributed by atoms with Crippen LogP contribution in [0.5, 0.6) is 11.5 Å². The fourth-order valence-electron chi connectivity index (χ4n) is 4.35. The van der Waals surface area contributed by atoms with Gasteiger partial charge in [0, 0.05) is 17.5 Å². The average Bonchev–Trinajstić information content (AvgIpc) is 3.07. The Morgan fingerprint density at radius 2 is 1.93 bits per heavy atom. The van der Waals surface area contributed by atoms with Crippen LogP contribution in [0.3, 0.4) is 0 Å². The van der Waals surface area contributed by atoms with E-state index in [0.29, 0.717) is 5.75 Å². The van der Waals surface area contributed by atoms with Crippen molar-refractivity contribution in [2.75, 3.05) is 20.2 Å². The predicted octanol–water partition coefficient (Wildman–Crippen LogP) is 2.73. The Balaban J connectivity index is 1.75. The molecule has 1 fully saturated rings. The number of benzene rings is 1. The molecule has 3 aliphatic rings. The van der Waals surface area contributed by atoms with Crippen LogP contribution in [-0.4, -0.2) is 48.5 Å². The summed E-state index contributed by atoms with van der Waals surface area (Å²) in [5.74, 6) is 1.60. The van der Waals surface area contributed by atoms with E-state index < -0.39 is 5.41 Å². The van der Waals surface area contributed by atoms with E-state index in [9.17, 15) is 4.79 Å². The number of amides is 1. The summed E-state index contributed by atoms with van der Waals surface area (Å²) in [6.45, 7) is 9.94. The van der Waals surface area contributed by atoms with Crippen LogP contribution in [-0.2, 0) is 11.2 Å². The van der Waals surface area contributed by atoms with Crippen molar-refractivity contribution in [3.05, 3.63) is 23.3 Å². The lowest BCUT2D eigenvalue weighted by atomic mass is 9.82. The predicted molar refractivity (Wildman–Crippen MR) is 104 cm³/mol. The third-order valence-corrected chi connectivity index (χ3v) is 5.82. The number of hydrogen-bond acceptors (Lipinski definition) is 5. The lowest BCUT2D eigenvalue weighted by Crippen LogP contribution is -2.44. The minimum Gasteiger partial charge on any atom is -0.493 e. The van der Waals surface area contributed by atoms with Gasteiger partial charge in [0.2, 0.25) is 0 Å². The molecule has 3 aliphatic heterocycles. The van der Waals surface area contributed by atoms with Crippen molar-refractivity contribution < 1.29 is 14.3 Å². The summed E-state index contributed by atoms with van der Waals surface area (Å²) in [6, 6.07) is 4.25. The number of carbonyl (C=O) groups is 1. The Labute approximate surface area is 160 Å². The van der Waals surface area contributed by atoms with Gasteiger partial charge < -0.3 is 14.8 Å². The van der Waals surface area contributed by atoms with Gasteiger partial charge in [-0.15, -0.1) is 0 Å². The fraction of sp³-hybridized carbons (Fsp3) is 0.619. The summed E-state index contributed by atoms with van der Waals surface area (Å²) in [5, 5.41) is 9.91. The number of fused-ring (bicyclic) bond motifs is 1. The topological polar surface area (TPSA) is 63.2 Å². The summed E-state index contributed by atoms with van der Waals surface area (Å²) < 4.78 is 11.7. The summed E-state index contributed by atoms with van der Waals surface area (Å²) in [7, 11) is 1.65. The summed E-state index contributed by atoms with van der Waals surface area (Å²) >= 11 is 0. The van der Waals surface area contributed by atoms with Gasteiger partial charge in [0.15, 0.2) is 11.5 Å². The molecule has 0 aromatic heterocycles. The van der Waals surface area contributed by atoms with Crippen LogP contribution in [0, 0.1) is 5.41 Å². The largest absolute Gasteiger partial charge is 0.493 e. The number of hydrogen-bond donors (Lipinski definition) is 1. The van der Waals surface area contributed by atoms with Gasteiger partial charge in [-0.05, 0) is 65.8 Å². The second-order valence-electron chi connectivity index (χ2n) is 8.91. The minimum absolute atomic E-state index is 0.0837. The van der Waals surface area contributed by atoms with E-state index in [4.69, 9.17) is 14.6 Å². The zero-order valence-electron chi connectivity index (χ0n) is 16.9. The van der Waals surface area contributed by atoms with Crippen molar-refractivity contribution in [1.29, 1.82) is 0 Å². The van der Waals surface area contributed by atoms with Crippen molar-refractivity contribution in [2.45, 2.75) is 58.6 Å². The van der Waals surface area contributed by atoms with Gasteiger partial charge in [-0.25, -0.2) is 5.01 Å². The molecule has 0 saturated carbocycles. The number of piperidine rings is 1. The number of rotatable bonds is 3. The second kappa shape index (κ2) is 6.23. The molecule has 146 valence electrons. The molecule has 0 radical (unpaired) electrons. The lowest BCUT2D eigenvalue weighted by molar-refractivity contribution is -0.137. The molecule has 4 rings (SSSR count).